The first-order chi connectivity index (χ1) is 8.72. The van der Waals surface area contributed by atoms with Gasteiger partial charge in [0.2, 0.25) is 0 Å². The highest BCUT2D eigenvalue weighted by Crippen LogP contribution is 2.29. The Morgan fingerprint density at radius 1 is 1.44 bits per heavy atom. The maximum atomic E-state index is 13.4. The van der Waals surface area contributed by atoms with Crippen molar-refractivity contribution < 1.29 is 9.13 Å². The minimum Gasteiger partial charge on any atom is -0.496 e. The highest BCUT2D eigenvalue weighted by Gasteiger charge is 2.22. The van der Waals surface area contributed by atoms with Crippen molar-refractivity contribution in [3.05, 3.63) is 47.0 Å². The summed E-state index contributed by atoms with van der Waals surface area (Å²) in [4.78, 5) is 0. The molecule has 0 saturated carbocycles. The minimum absolute atomic E-state index is 0.0249. The Morgan fingerprint density at radius 2 is 2.28 bits per heavy atom. The zero-order valence-corrected chi connectivity index (χ0v) is 11.0. The quantitative estimate of drug-likeness (QED) is 0.862. The van der Waals surface area contributed by atoms with E-state index in [0.717, 1.165) is 42.9 Å². The highest BCUT2D eigenvalue weighted by atomic mass is 19.1. The average molecular weight is 249 g/mol. The maximum Gasteiger partial charge on any atom is 0.123 e. The fraction of sp³-hybridized carbons (Fsp3) is 0.467. The van der Waals surface area contributed by atoms with Crippen LogP contribution in [0.4, 0.5) is 4.39 Å². The molecule has 1 aromatic rings. The number of ether oxygens (including phenoxy) is 1. The van der Waals surface area contributed by atoms with Crippen LogP contribution in [0, 0.1) is 12.7 Å². The first kappa shape index (κ1) is 13.1. The molecule has 0 spiro atoms. The van der Waals surface area contributed by atoms with Gasteiger partial charge in [0.1, 0.15) is 11.6 Å². The molecule has 0 bridgehead atoms. The lowest BCUT2D eigenvalue weighted by Gasteiger charge is -2.22. The first-order valence-electron chi connectivity index (χ1n) is 6.54. The summed E-state index contributed by atoms with van der Waals surface area (Å²) in [6.45, 7) is 5.74. The lowest BCUT2D eigenvalue weighted by atomic mass is 9.99. The van der Waals surface area contributed by atoms with E-state index in [1.807, 2.05) is 13.0 Å². The third-order valence-electron chi connectivity index (χ3n) is 3.17. The van der Waals surface area contributed by atoms with Crippen LogP contribution in [0.1, 0.15) is 36.9 Å². The Hall–Kier alpha value is -1.35. The standard InChI is InChI=1S/C15H20FNO/c1-3-8-17-15(14-5-4-9-18-14)13-10-12(16)7-6-11(13)2/h5-7,10,15,17H,3-4,8-9H2,1-2H3. The molecule has 1 aliphatic rings. The van der Waals surface area contributed by atoms with Gasteiger partial charge >= 0.3 is 0 Å². The molecule has 0 fully saturated rings. The summed E-state index contributed by atoms with van der Waals surface area (Å²) in [7, 11) is 0. The summed E-state index contributed by atoms with van der Waals surface area (Å²) in [5.74, 6) is 0.731. The van der Waals surface area contributed by atoms with E-state index in [-0.39, 0.29) is 11.9 Å². The van der Waals surface area contributed by atoms with Gasteiger partial charge in [0, 0.05) is 6.42 Å². The number of benzene rings is 1. The van der Waals surface area contributed by atoms with Gasteiger partial charge in [-0.3, -0.25) is 0 Å². The number of halogens is 1. The van der Waals surface area contributed by atoms with Gasteiger partial charge in [-0.25, -0.2) is 4.39 Å². The molecule has 0 saturated heterocycles. The van der Waals surface area contributed by atoms with Crippen molar-refractivity contribution in [2.24, 2.45) is 0 Å². The molecular formula is C15H20FNO. The second kappa shape index (κ2) is 6.01. The SMILES string of the molecule is CCCNC(C1=CCCO1)c1cc(F)ccc1C. The molecule has 3 heteroatoms. The Labute approximate surface area is 108 Å². The van der Waals surface area contributed by atoms with E-state index in [1.54, 1.807) is 6.07 Å². The zero-order valence-electron chi connectivity index (χ0n) is 11.0. The van der Waals surface area contributed by atoms with Crippen molar-refractivity contribution in [3.63, 3.8) is 0 Å². The highest BCUT2D eigenvalue weighted by molar-refractivity contribution is 5.34. The maximum absolute atomic E-state index is 13.4. The molecule has 0 radical (unpaired) electrons. The second-order valence-electron chi connectivity index (χ2n) is 4.63. The topological polar surface area (TPSA) is 21.3 Å². The van der Waals surface area contributed by atoms with Crippen molar-refractivity contribution in [2.45, 2.75) is 32.7 Å². The van der Waals surface area contributed by atoms with E-state index in [9.17, 15) is 4.39 Å². The molecule has 1 aliphatic heterocycles. The molecule has 0 aromatic heterocycles. The largest absolute Gasteiger partial charge is 0.496 e. The molecule has 0 amide bonds. The van der Waals surface area contributed by atoms with Crippen LogP contribution in [-0.2, 0) is 4.74 Å². The number of hydrogen-bond acceptors (Lipinski definition) is 2. The summed E-state index contributed by atoms with van der Waals surface area (Å²) >= 11 is 0. The van der Waals surface area contributed by atoms with Crippen LogP contribution < -0.4 is 5.32 Å². The monoisotopic (exact) mass is 249 g/mol. The fourth-order valence-electron chi connectivity index (χ4n) is 2.21. The predicted molar refractivity (Wildman–Crippen MR) is 70.8 cm³/mol. The van der Waals surface area contributed by atoms with Crippen LogP contribution in [-0.4, -0.2) is 13.2 Å². The number of nitrogens with one attached hydrogen (secondary N) is 1. The van der Waals surface area contributed by atoms with Gasteiger partial charge in [-0.15, -0.1) is 0 Å². The van der Waals surface area contributed by atoms with Crippen molar-refractivity contribution in [1.29, 1.82) is 0 Å². The van der Waals surface area contributed by atoms with Gasteiger partial charge in [0.25, 0.3) is 0 Å². The van der Waals surface area contributed by atoms with E-state index >= 15 is 0 Å². The van der Waals surface area contributed by atoms with Crippen molar-refractivity contribution in [3.8, 4) is 0 Å². The zero-order chi connectivity index (χ0) is 13.0. The Morgan fingerprint density at radius 3 is 2.94 bits per heavy atom. The molecule has 2 nitrogen and oxygen atoms in total. The van der Waals surface area contributed by atoms with Crippen molar-refractivity contribution in [1.82, 2.24) is 5.32 Å². The number of rotatable bonds is 5. The van der Waals surface area contributed by atoms with Crippen LogP contribution in [0.3, 0.4) is 0 Å². The summed E-state index contributed by atoms with van der Waals surface area (Å²) in [6, 6.07) is 4.90. The third kappa shape index (κ3) is 2.91. The minimum atomic E-state index is -0.197. The molecule has 1 atom stereocenters. The second-order valence-corrected chi connectivity index (χ2v) is 4.63. The van der Waals surface area contributed by atoms with Crippen LogP contribution >= 0.6 is 0 Å². The molecule has 18 heavy (non-hydrogen) atoms. The van der Waals surface area contributed by atoms with E-state index in [2.05, 4.69) is 18.3 Å². The normalized spacial score (nSPS) is 16.3. The van der Waals surface area contributed by atoms with E-state index in [0.29, 0.717) is 0 Å². The molecule has 0 aliphatic carbocycles. The summed E-state index contributed by atoms with van der Waals surface area (Å²) in [6.07, 6.45) is 4.07. The van der Waals surface area contributed by atoms with Gasteiger partial charge in [-0.1, -0.05) is 13.0 Å². The first-order valence-corrected chi connectivity index (χ1v) is 6.54. The Balaban J connectivity index is 2.29. The van der Waals surface area contributed by atoms with Crippen molar-refractivity contribution >= 4 is 0 Å². The van der Waals surface area contributed by atoms with Gasteiger partial charge < -0.3 is 10.1 Å². The van der Waals surface area contributed by atoms with Gasteiger partial charge in [-0.05, 0) is 49.2 Å². The van der Waals surface area contributed by atoms with E-state index < -0.39 is 0 Å². The number of hydrogen-bond donors (Lipinski definition) is 1. The molecule has 98 valence electrons. The molecule has 1 heterocycles. The van der Waals surface area contributed by atoms with Gasteiger partial charge in [0.15, 0.2) is 0 Å². The van der Waals surface area contributed by atoms with Crippen molar-refractivity contribution in [2.75, 3.05) is 13.2 Å². The van der Waals surface area contributed by atoms with Gasteiger partial charge in [0.05, 0.1) is 12.6 Å². The third-order valence-corrected chi connectivity index (χ3v) is 3.17. The molecule has 1 aromatic carbocycles. The van der Waals surface area contributed by atoms with Crippen LogP contribution in [0.2, 0.25) is 0 Å². The van der Waals surface area contributed by atoms with Crippen LogP contribution in [0.25, 0.3) is 0 Å². The predicted octanol–water partition coefficient (Wildman–Crippen LogP) is 3.48. The van der Waals surface area contributed by atoms with E-state index in [1.165, 1.54) is 6.07 Å². The lowest BCUT2D eigenvalue weighted by molar-refractivity contribution is 0.215. The molecule has 1 N–H and O–H groups in total. The number of aryl methyl sites for hydroxylation is 1. The average Bonchev–Trinajstić information content (AvgIpc) is 2.88. The fourth-order valence-corrected chi connectivity index (χ4v) is 2.21. The lowest BCUT2D eigenvalue weighted by Crippen LogP contribution is -2.25. The Bertz CT molecular complexity index is 442. The Kier molecular flexibility index (Phi) is 4.37. The molecule has 2 rings (SSSR count). The summed E-state index contributed by atoms with van der Waals surface area (Å²) in [5, 5.41) is 3.44. The summed E-state index contributed by atoms with van der Waals surface area (Å²) in [5.41, 5.74) is 2.05. The molecule has 1 unspecified atom stereocenters. The van der Waals surface area contributed by atoms with Gasteiger partial charge in [-0.2, -0.15) is 0 Å². The van der Waals surface area contributed by atoms with Crippen LogP contribution in [0.15, 0.2) is 30.0 Å². The molecular weight excluding hydrogens is 229 g/mol. The van der Waals surface area contributed by atoms with Crippen LogP contribution in [0.5, 0.6) is 0 Å². The van der Waals surface area contributed by atoms with E-state index in [4.69, 9.17) is 4.74 Å². The smallest absolute Gasteiger partial charge is 0.123 e. The summed E-state index contributed by atoms with van der Waals surface area (Å²) < 4.78 is 19.1.